The maximum Gasteiger partial charge on any atom is 0.325 e. The number of aliphatic carboxylic acids is 2. The van der Waals surface area contributed by atoms with Crippen LogP contribution in [0.25, 0.3) is 10.9 Å². The van der Waals surface area contributed by atoms with E-state index >= 15 is 0 Å². The highest BCUT2D eigenvalue weighted by atomic mass is 19.1. The topological polar surface area (TPSA) is 112 Å². The Kier molecular flexibility index (Phi) is 6.48. The number of carboxylic acid groups (broad SMARTS) is 2. The van der Waals surface area contributed by atoms with Crippen molar-refractivity contribution < 1.29 is 28.7 Å². The van der Waals surface area contributed by atoms with E-state index in [-0.39, 0.29) is 13.0 Å². The van der Waals surface area contributed by atoms with Gasteiger partial charge in [0, 0.05) is 62.0 Å². The summed E-state index contributed by atoms with van der Waals surface area (Å²) in [4.78, 5) is 27.6. The molecule has 0 spiro atoms. The largest absolute Gasteiger partial charge is 0.481 e. The molecule has 1 atom stereocenters. The zero-order valence-electron chi connectivity index (χ0n) is 18.6. The Hall–Kier alpha value is -3.24. The Morgan fingerprint density at radius 2 is 1.91 bits per heavy atom. The molecule has 10 heteroatoms. The van der Waals surface area contributed by atoms with Crippen molar-refractivity contribution in [2.75, 3.05) is 26.2 Å². The van der Waals surface area contributed by atoms with Gasteiger partial charge in [-0.3, -0.25) is 19.4 Å². The van der Waals surface area contributed by atoms with Crippen molar-refractivity contribution in [3.05, 3.63) is 52.8 Å². The molecule has 0 unspecified atom stereocenters. The highest BCUT2D eigenvalue weighted by Crippen LogP contribution is 2.32. The molecule has 176 valence electrons. The average molecular weight is 458 g/mol. The van der Waals surface area contributed by atoms with Crippen LogP contribution in [0.1, 0.15) is 35.0 Å². The number of hydrogen-bond donors (Lipinski definition) is 2. The van der Waals surface area contributed by atoms with E-state index in [1.54, 1.807) is 16.8 Å². The molecule has 2 aromatic heterocycles. The fraction of sp³-hybridized carbons (Fsp3) is 0.435. The lowest BCUT2D eigenvalue weighted by Crippen LogP contribution is -2.48. The molecule has 9 nitrogen and oxygen atoms in total. The summed E-state index contributed by atoms with van der Waals surface area (Å²) in [6.07, 6.45) is 1.51. The van der Waals surface area contributed by atoms with E-state index in [1.807, 2.05) is 18.7 Å². The fourth-order valence-electron chi connectivity index (χ4n) is 4.53. The van der Waals surface area contributed by atoms with E-state index in [9.17, 15) is 19.1 Å². The van der Waals surface area contributed by atoms with Crippen molar-refractivity contribution in [2.24, 2.45) is 0 Å². The molecule has 3 heterocycles. The molecule has 0 saturated carbocycles. The van der Waals surface area contributed by atoms with Crippen LogP contribution in [0.4, 0.5) is 4.39 Å². The molecule has 1 aromatic carbocycles. The Morgan fingerprint density at radius 3 is 2.52 bits per heavy atom. The van der Waals surface area contributed by atoms with Gasteiger partial charge in [0.2, 0.25) is 0 Å². The van der Waals surface area contributed by atoms with Gasteiger partial charge in [0.1, 0.15) is 17.6 Å². The van der Waals surface area contributed by atoms with Gasteiger partial charge in [0.25, 0.3) is 0 Å². The van der Waals surface area contributed by atoms with Crippen LogP contribution in [0.2, 0.25) is 0 Å². The van der Waals surface area contributed by atoms with Gasteiger partial charge in [-0.1, -0.05) is 5.16 Å². The van der Waals surface area contributed by atoms with Crippen LogP contribution in [0.15, 0.2) is 28.9 Å². The minimum atomic E-state index is -0.990. The number of benzene rings is 1. The molecule has 0 aliphatic carbocycles. The van der Waals surface area contributed by atoms with Crippen LogP contribution in [-0.4, -0.2) is 67.9 Å². The Morgan fingerprint density at radius 1 is 1.18 bits per heavy atom. The molecule has 0 amide bonds. The van der Waals surface area contributed by atoms with Gasteiger partial charge in [0.15, 0.2) is 0 Å². The van der Waals surface area contributed by atoms with Crippen molar-refractivity contribution in [3.63, 3.8) is 0 Å². The van der Waals surface area contributed by atoms with Crippen LogP contribution in [-0.2, 0) is 22.7 Å². The summed E-state index contributed by atoms with van der Waals surface area (Å²) in [6.45, 7) is 7.07. The van der Waals surface area contributed by atoms with Crippen molar-refractivity contribution in [3.8, 4) is 0 Å². The Labute approximate surface area is 190 Å². The molecular formula is C23H27FN4O5. The minimum absolute atomic E-state index is 0.132. The van der Waals surface area contributed by atoms with Crippen molar-refractivity contribution >= 4 is 22.8 Å². The SMILES string of the molecule is Cc1noc(C)c1CN1CCN([C@@H](C(=O)O)c2cn(CCC(=O)O)c3cc(F)ccc23)CC1. The molecule has 3 aromatic rings. The van der Waals surface area contributed by atoms with E-state index in [0.29, 0.717) is 49.2 Å². The van der Waals surface area contributed by atoms with Crippen LogP contribution in [0.3, 0.4) is 0 Å². The number of piperazine rings is 1. The number of carboxylic acids is 2. The molecule has 33 heavy (non-hydrogen) atoms. The molecule has 4 rings (SSSR count). The van der Waals surface area contributed by atoms with Crippen molar-refractivity contribution in [2.45, 2.75) is 39.4 Å². The van der Waals surface area contributed by atoms with Crippen LogP contribution >= 0.6 is 0 Å². The van der Waals surface area contributed by atoms with E-state index in [0.717, 1.165) is 17.0 Å². The van der Waals surface area contributed by atoms with Gasteiger partial charge in [0.05, 0.1) is 17.6 Å². The summed E-state index contributed by atoms with van der Waals surface area (Å²) in [7, 11) is 0. The minimum Gasteiger partial charge on any atom is -0.481 e. The zero-order chi connectivity index (χ0) is 23.7. The van der Waals surface area contributed by atoms with E-state index in [2.05, 4.69) is 10.1 Å². The summed E-state index contributed by atoms with van der Waals surface area (Å²) in [5, 5.41) is 23.8. The first-order valence-corrected chi connectivity index (χ1v) is 10.9. The third kappa shape index (κ3) is 4.76. The summed E-state index contributed by atoms with van der Waals surface area (Å²) in [5.74, 6) is -1.63. The fourth-order valence-corrected chi connectivity index (χ4v) is 4.53. The Balaban J connectivity index is 1.57. The van der Waals surface area contributed by atoms with Gasteiger partial charge < -0.3 is 19.3 Å². The van der Waals surface area contributed by atoms with Crippen LogP contribution in [0, 0.1) is 19.7 Å². The first-order valence-electron chi connectivity index (χ1n) is 10.9. The standard InChI is InChI=1S/C23H27FN4O5/c1-14-18(15(2)33-25-14)12-26-7-9-27(10-8-26)22(23(31)32)19-13-28(6-5-21(29)30)20-11-16(24)3-4-17(19)20/h3-4,11,13,22H,5-10,12H2,1-2H3,(H,29,30)(H,31,32)/t22-/m1/s1. The quantitative estimate of drug-likeness (QED) is 0.530. The molecule has 1 aliphatic heterocycles. The van der Waals surface area contributed by atoms with Crippen LogP contribution in [0.5, 0.6) is 0 Å². The lowest BCUT2D eigenvalue weighted by molar-refractivity contribution is -0.144. The molecular weight excluding hydrogens is 431 g/mol. The first kappa shape index (κ1) is 22.9. The van der Waals surface area contributed by atoms with Gasteiger partial charge >= 0.3 is 11.9 Å². The molecule has 1 fully saturated rings. The molecule has 0 bridgehead atoms. The third-order valence-corrected chi connectivity index (χ3v) is 6.31. The number of rotatable bonds is 8. The summed E-state index contributed by atoms with van der Waals surface area (Å²) in [5.41, 5.74) is 2.96. The number of hydrogen-bond acceptors (Lipinski definition) is 6. The number of nitrogens with zero attached hydrogens (tertiary/aromatic N) is 4. The number of carbonyl (C=O) groups is 2. The van der Waals surface area contributed by atoms with E-state index in [1.165, 1.54) is 12.1 Å². The maximum absolute atomic E-state index is 13.9. The maximum atomic E-state index is 13.9. The lowest BCUT2D eigenvalue weighted by atomic mass is 10.0. The summed E-state index contributed by atoms with van der Waals surface area (Å²) in [6, 6.07) is 3.28. The predicted octanol–water partition coefficient (Wildman–Crippen LogP) is 2.80. The summed E-state index contributed by atoms with van der Waals surface area (Å²) < 4.78 is 20.8. The second kappa shape index (κ2) is 9.32. The Bertz CT molecular complexity index is 1160. The van der Waals surface area contributed by atoms with Crippen LogP contribution < -0.4 is 0 Å². The second-order valence-electron chi connectivity index (χ2n) is 8.44. The zero-order valence-corrected chi connectivity index (χ0v) is 18.6. The number of fused-ring (bicyclic) bond motifs is 1. The monoisotopic (exact) mass is 458 g/mol. The van der Waals surface area contributed by atoms with E-state index < -0.39 is 23.8 Å². The highest BCUT2D eigenvalue weighted by molar-refractivity contribution is 5.90. The average Bonchev–Trinajstić information content (AvgIpc) is 3.27. The first-order chi connectivity index (χ1) is 15.7. The van der Waals surface area contributed by atoms with Gasteiger partial charge in [-0.25, -0.2) is 4.39 Å². The molecule has 2 N–H and O–H groups in total. The smallest absolute Gasteiger partial charge is 0.325 e. The lowest BCUT2D eigenvalue weighted by Gasteiger charge is -2.37. The van der Waals surface area contributed by atoms with Crippen molar-refractivity contribution in [1.29, 1.82) is 0 Å². The third-order valence-electron chi connectivity index (χ3n) is 6.31. The summed E-state index contributed by atoms with van der Waals surface area (Å²) >= 11 is 0. The molecule has 1 saturated heterocycles. The highest BCUT2D eigenvalue weighted by Gasteiger charge is 2.33. The van der Waals surface area contributed by atoms with Gasteiger partial charge in [-0.2, -0.15) is 0 Å². The number of aromatic nitrogens is 2. The predicted molar refractivity (Wildman–Crippen MR) is 117 cm³/mol. The van der Waals surface area contributed by atoms with Gasteiger partial charge in [-0.05, 0) is 32.0 Å². The molecule has 0 radical (unpaired) electrons. The van der Waals surface area contributed by atoms with Crippen molar-refractivity contribution in [1.82, 2.24) is 19.5 Å². The normalized spacial score (nSPS) is 16.3. The van der Waals surface area contributed by atoms with Gasteiger partial charge in [-0.15, -0.1) is 0 Å². The molecule has 1 aliphatic rings. The second-order valence-corrected chi connectivity index (χ2v) is 8.44. The van der Waals surface area contributed by atoms with E-state index in [4.69, 9.17) is 9.63 Å². The number of halogens is 1. The number of aryl methyl sites for hydroxylation is 3.